The highest BCUT2D eigenvalue weighted by atomic mass is 16.1. The number of allylic oxidation sites excluding steroid dienone is 2. The molecule has 3 rings (SSSR count). The Bertz CT molecular complexity index is 807. The van der Waals surface area contributed by atoms with Crippen LogP contribution in [0.1, 0.15) is 33.6 Å². The lowest BCUT2D eigenvalue weighted by Crippen LogP contribution is -2.23. The van der Waals surface area contributed by atoms with E-state index in [0.717, 1.165) is 13.0 Å². The minimum absolute atomic E-state index is 0.0447. The third-order valence-corrected chi connectivity index (χ3v) is 4.05. The predicted molar refractivity (Wildman–Crippen MR) is 90.3 cm³/mol. The molecule has 2 aliphatic rings. The Morgan fingerprint density at radius 1 is 1.26 bits per heavy atom. The summed E-state index contributed by atoms with van der Waals surface area (Å²) in [5, 5.41) is 11.3. The smallest absolute Gasteiger partial charge is 0.294 e. The minimum atomic E-state index is -0.145. The maximum absolute atomic E-state index is 12.6. The van der Waals surface area contributed by atoms with E-state index in [-0.39, 0.29) is 29.5 Å². The van der Waals surface area contributed by atoms with E-state index in [1.807, 2.05) is 18.5 Å². The summed E-state index contributed by atoms with van der Waals surface area (Å²) in [6.07, 6.45) is 2.57. The molecule has 0 atom stereocenters. The van der Waals surface area contributed by atoms with Crippen LogP contribution in [0.5, 0.6) is 0 Å². The van der Waals surface area contributed by atoms with Crippen LogP contribution in [0, 0.1) is 5.41 Å². The first-order chi connectivity index (χ1) is 10.9. The van der Waals surface area contributed by atoms with Gasteiger partial charge in [0, 0.05) is 19.1 Å². The van der Waals surface area contributed by atoms with E-state index in [4.69, 9.17) is 5.41 Å². The molecule has 0 amide bonds. The molecular formula is C16H21N5O2. The zero-order valence-corrected chi connectivity index (χ0v) is 13.6. The summed E-state index contributed by atoms with van der Waals surface area (Å²) in [5.74, 6) is 0.635. The van der Waals surface area contributed by atoms with Gasteiger partial charge in [-0.15, -0.1) is 0 Å². The van der Waals surface area contributed by atoms with Gasteiger partial charge in [-0.3, -0.25) is 14.3 Å². The van der Waals surface area contributed by atoms with Gasteiger partial charge in [-0.2, -0.15) is 0 Å². The van der Waals surface area contributed by atoms with E-state index < -0.39 is 0 Å². The summed E-state index contributed by atoms with van der Waals surface area (Å²) >= 11 is 0. The lowest BCUT2D eigenvalue weighted by atomic mass is 9.96. The summed E-state index contributed by atoms with van der Waals surface area (Å²) in [4.78, 5) is 28.7. The molecule has 0 saturated carbocycles. The standard InChI is InChI=1S/C16H21N5O2/c1-9(2)18-15-14(16(23)21-6-4-5-20(15)21)19-12-7-10(3)13(22)8-11(12)17/h7,9,17-18H,4-6,8H2,1-3H3. The summed E-state index contributed by atoms with van der Waals surface area (Å²) in [6, 6.07) is 0.165. The Morgan fingerprint density at radius 2 is 1.96 bits per heavy atom. The third kappa shape index (κ3) is 2.67. The van der Waals surface area contributed by atoms with Crippen molar-refractivity contribution in [2.75, 3.05) is 5.32 Å². The number of anilines is 1. The number of aliphatic imine (C=N–C) groups is 1. The molecule has 1 aromatic heterocycles. The van der Waals surface area contributed by atoms with E-state index in [0.29, 0.717) is 29.3 Å². The Morgan fingerprint density at radius 3 is 2.65 bits per heavy atom. The van der Waals surface area contributed by atoms with Gasteiger partial charge < -0.3 is 10.7 Å². The number of carbonyl (C=O) groups is 1. The number of carbonyl (C=O) groups excluding carboxylic acids is 1. The highest BCUT2D eigenvalue weighted by Gasteiger charge is 2.25. The molecule has 7 nitrogen and oxygen atoms in total. The van der Waals surface area contributed by atoms with Crippen LogP contribution in [0.25, 0.3) is 0 Å². The molecule has 0 spiro atoms. The zero-order chi connectivity index (χ0) is 16.7. The number of hydrogen-bond donors (Lipinski definition) is 2. The quantitative estimate of drug-likeness (QED) is 0.892. The van der Waals surface area contributed by atoms with Crippen molar-refractivity contribution in [2.24, 2.45) is 4.99 Å². The van der Waals surface area contributed by atoms with Crippen LogP contribution in [0.15, 0.2) is 21.4 Å². The molecule has 0 saturated heterocycles. The minimum Gasteiger partial charge on any atom is -0.366 e. The number of ketones is 1. The average molecular weight is 315 g/mol. The molecule has 1 aromatic rings. The largest absolute Gasteiger partial charge is 0.366 e. The van der Waals surface area contributed by atoms with Crippen molar-refractivity contribution in [1.29, 1.82) is 5.41 Å². The van der Waals surface area contributed by atoms with Crippen molar-refractivity contribution < 1.29 is 4.79 Å². The fraction of sp³-hybridized carbons (Fsp3) is 0.500. The molecule has 0 aromatic carbocycles. The number of hydrogen-bond acceptors (Lipinski definition) is 5. The van der Waals surface area contributed by atoms with Crippen LogP contribution in [0.3, 0.4) is 0 Å². The molecule has 0 unspecified atom stereocenters. The predicted octanol–water partition coefficient (Wildman–Crippen LogP) is 1.89. The first-order valence-electron chi connectivity index (χ1n) is 7.86. The molecular weight excluding hydrogens is 294 g/mol. The van der Waals surface area contributed by atoms with Crippen LogP contribution in [-0.2, 0) is 17.9 Å². The van der Waals surface area contributed by atoms with E-state index in [9.17, 15) is 9.59 Å². The topological polar surface area (TPSA) is 92.2 Å². The van der Waals surface area contributed by atoms with E-state index in [2.05, 4.69) is 10.3 Å². The Balaban J connectivity index is 2.13. The normalized spacial score (nSPS) is 19.5. The number of nitrogens with one attached hydrogen (secondary N) is 2. The number of Topliss-reactive ketones (excluding diaryl/α,β-unsaturated/α-hetero) is 1. The van der Waals surface area contributed by atoms with Crippen molar-refractivity contribution in [2.45, 2.75) is 52.7 Å². The lowest BCUT2D eigenvalue weighted by molar-refractivity contribution is -0.114. The van der Waals surface area contributed by atoms with Gasteiger partial charge in [0.2, 0.25) is 0 Å². The molecule has 0 bridgehead atoms. The van der Waals surface area contributed by atoms with E-state index in [1.54, 1.807) is 17.7 Å². The van der Waals surface area contributed by atoms with E-state index >= 15 is 0 Å². The van der Waals surface area contributed by atoms with Gasteiger partial charge in [0.05, 0.1) is 17.8 Å². The van der Waals surface area contributed by atoms with Gasteiger partial charge in [-0.25, -0.2) is 9.67 Å². The monoisotopic (exact) mass is 315 g/mol. The van der Waals surface area contributed by atoms with Crippen molar-refractivity contribution in [1.82, 2.24) is 9.36 Å². The van der Waals surface area contributed by atoms with Gasteiger partial charge in [0.25, 0.3) is 5.56 Å². The summed E-state index contributed by atoms with van der Waals surface area (Å²) in [6.45, 7) is 7.18. The summed E-state index contributed by atoms with van der Waals surface area (Å²) in [5.41, 5.74) is 1.32. The van der Waals surface area contributed by atoms with Crippen molar-refractivity contribution in [3.63, 3.8) is 0 Å². The number of aromatic nitrogens is 2. The molecule has 1 aliphatic heterocycles. The summed E-state index contributed by atoms with van der Waals surface area (Å²) < 4.78 is 3.62. The fourth-order valence-electron chi connectivity index (χ4n) is 2.90. The second-order valence-electron chi connectivity index (χ2n) is 6.30. The molecule has 2 heterocycles. The molecule has 23 heavy (non-hydrogen) atoms. The molecule has 1 aliphatic carbocycles. The molecule has 0 fully saturated rings. The third-order valence-electron chi connectivity index (χ3n) is 4.05. The average Bonchev–Trinajstić information content (AvgIpc) is 3.03. The second-order valence-corrected chi connectivity index (χ2v) is 6.30. The number of nitrogens with zero attached hydrogens (tertiary/aromatic N) is 3. The summed E-state index contributed by atoms with van der Waals surface area (Å²) in [7, 11) is 0. The SMILES string of the molecule is CC1=CC(=Nc2c(NC(C)C)n3n(c2=O)CCC3)C(=N)CC1=O. The number of rotatable bonds is 3. The first-order valence-corrected chi connectivity index (χ1v) is 7.86. The van der Waals surface area contributed by atoms with Gasteiger partial charge in [-0.05, 0) is 38.8 Å². The van der Waals surface area contributed by atoms with Crippen LogP contribution in [0.2, 0.25) is 0 Å². The van der Waals surface area contributed by atoms with Crippen LogP contribution >= 0.6 is 0 Å². The van der Waals surface area contributed by atoms with Crippen molar-refractivity contribution in [3.05, 3.63) is 22.0 Å². The Hall–Kier alpha value is -2.44. The van der Waals surface area contributed by atoms with Crippen molar-refractivity contribution in [3.8, 4) is 0 Å². The molecule has 7 heteroatoms. The highest BCUT2D eigenvalue weighted by Crippen LogP contribution is 2.27. The van der Waals surface area contributed by atoms with Gasteiger partial charge in [0.1, 0.15) is 0 Å². The molecule has 2 N–H and O–H groups in total. The number of fused-ring (bicyclic) bond motifs is 1. The zero-order valence-electron chi connectivity index (χ0n) is 13.6. The maximum Gasteiger partial charge on any atom is 0.294 e. The molecule has 122 valence electrons. The van der Waals surface area contributed by atoms with E-state index in [1.165, 1.54) is 0 Å². The maximum atomic E-state index is 12.6. The Labute approximate surface area is 134 Å². The van der Waals surface area contributed by atoms with Crippen molar-refractivity contribution >= 4 is 28.7 Å². The van der Waals surface area contributed by atoms with Crippen LogP contribution < -0.4 is 10.9 Å². The van der Waals surface area contributed by atoms with Crippen LogP contribution in [0.4, 0.5) is 11.5 Å². The first kappa shape index (κ1) is 15.5. The highest BCUT2D eigenvalue weighted by molar-refractivity contribution is 6.51. The van der Waals surface area contributed by atoms with Gasteiger partial charge >= 0.3 is 0 Å². The fourth-order valence-corrected chi connectivity index (χ4v) is 2.90. The lowest BCUT2D eigenvalue weighted by Gasteiger charge is -2.14. The molecule has 0 radical (unpaired) electrons. The Kier molecular flexibility index (Phi) is 3.79. The van der Waals surface area contributed by atoms with Gasteiger partial charge in [0.15, 0.2) is 17.3 Å². The van der Waals surface area contributed by atoms with Crippen LogP contribution in [-0.4, -0.2) is 32.6 Å². The second kappa shape index (κ2) is 5.64. The van der Waals surface area contributed by atoms with Gasteiger partial charge in [-0.1, -0.05) is 0 Å².